The minimum Gasteiger partial charge on any atom is -0.355 e. The Hall–Kier alpha value is -2.88. The number of nitrogens with zero attached hydrogens (tertiary/aromatic N) is 2. The van der Waals surface area contributed by atoms with E-state index in [1.54, 1.807) is 44.2 Å². The Morgan fingerprint density at radius 2 is 1.70 bits per heavy atom. The average molecular weight is 607 g/mol. The molecule has 0 saturated heterocycles. The predicted octanol–water partition coefficient (Wildman–Crippen LogP) is 5.16. The summed E-state index contributed by atoms with van der Waals surface area (Å²) in [6.45, 7) is 5.27. The Morgan fingerprint density at radius 1 is 1.03 bits per heavy atom. The van der Waals surface area contributed by atoms with Crippen molar-refractivity contribution in [2.24, 2.45) is 0 Å². The highest BCUT2D eigenvalue weighted by molar-refractivity contribution is 9.10. The van der Waals surface area contributed by atoms with E-state index in [1.807, 2.05) is 31.2 Å². The molecular weight excluding hydrogens is 578 g/mol. The summed E-state index contributed by atoms with van der Waals surface area (Å²) in [4.78, 5) is 27.9. The van der Waals surface area contributed by atoms with Crippen LogP contribution >= 0.6 is 27.5 Å². The monoisotopic (exact) mass is 605 g/mol. The first-order valence-corrected chi connectivity index (χ1v) is 14.3. The summed E-state index contributed by atoms with van der Waals surface area (Å²) in [7, 11) is -4.13. The van der Waals surface area contributed by atoms with E-state index < -0.39 is 28.5 Å². The molecule has 0 aliphatic rings. The maximum atomic E-state index is 13.8. The van der Waals surface area contributed by atoms with Crippen molar-refractivity contribution >= 4 is 55.1 Å². The fourth-order valence-corrected chi connectivity index (χ4v) is 5.77. The molecule has 0 fully saturated rings. The van der Waals surface area contributed by atoms with Crippen LogP contribution in [0.25, 0.3) is 0 Å². The maximum Gasteiger partial charge on any atom is 0.264 e. The van der Waals surface area contributed by atoms with Gasteiger partial charge in [0.15, 0.2) is 0 Å². The molecule has 1 atom stereocenters. The zero-order valence-corrected chi connectivity index (χ0v) is 24.0. The zero-order valence-electron chi connectivity index (χ0n) is 20.8. The highest BCUT2D eigenvalue weighted by Crippen LogP contribution is 2.27. The molecule has 2 amide bonds. The van der Waals surface area contributed by atoms with E-state index in [1.165, 1.54) is 23.1 Å². The van der Waals surface area contributed by atoms with Crippen LogP contribution in [0.5, 0.6) is 0 Å². The quantitative estimate of drug-likeness (QED) is 0.346. The van der Waals surface area contributed by atoms with Gasteiger partial charge in [0.2, 0.25) is 11.8 Å². The zero-order chi connectivity index (χ0) is 27.2. The largest absolute Gasteiger partial charge is 0.355 e. The number of carbonyl (C=O) groups excluding carboxylic acids is 2. The van der Waals surface area contributed by atoms with Crippen LogP contribution < -0.4 is 9.62 Å². The molecule has 0 saturated carbocycles. The smallest absolute Gasteiger partial charge is 0.264 e. The number of sulfonamides is 1. The molecule has 0 spiro atoms. The third-order valence-corrected chi connectivity index (χ3v) is 8.26. The van der Waals surface area contributed by atoms with Gasteiger partial charge >= 0.3 is 0 Å². The van der Waals surface area contributed by atoms with Crippen LogP contribution in [-0.4, -0.2) is 44.3 Å². The van der Waals surface area contributed by atoms with Gasteiger partial charge in [0.25, 0.3) is 10.0 Å². The van der Waals surface area contributed by atoms with Gasteiger partial charge in [-0.2, -0.15) is 0 Å². The molecule has 0 heterocycles. The Kier molecular flexibility index (Phi) is 9.75. The van der Waals surface area contributed by atoms with Crippen LogP contribution in [0.1, 0.15) is 25.0 Å². The molecule has 196 valence electrons. The van der Waals surface area contributed by atoms with Crippen LogP contribution in [0, 0.1) is 6.92 Å². The standard InChI is InChI=1S/C27H29BrClN3O4S/c1-4-30-27(34)20(3)31(17-21-7-5-8-22(28)15-21)26(33)18-32(24-10-6-9-23(29)16-24)37(35,36)25-13-11-19(2)12-14-25/h5-16,20H,4,17-18H2,1-3H3,(H,30,34)/t20-/m1/s1. The summed E-state index contributed by atoms with van der Waals surface area (Å²) in [6.07, 6.45) is 0. The number of amides is 2. The van der Waals surface area contributed by atoms with Crippen LogP contribution in [0.3, 0.4) is 0 Å². The van der Waals surface area contributed by atoms with Crippen molar-refractivity contribution in [1.82, 2.24) is 10.2 Å². The molecule has 0 bridgehead atoms. The van der Waals surface area contributed by atoms with Gasteiger partial charge < -0.3 is 10.2 Å². The van der Waals surface area contributed by atoms with Crippen molar-refractivity contribution in [3.8, 4) is 0 Å². The Balaban J connectivity index is 2.03. The van der Waals surface area contributed by atoms with Gasteiger partial charge in [-0.1, -0.05) is 63.4 Å². The first kappa shape index (κ1) is 28.7. The fraction of sp³-hybridized carbons (Fsp3) is 0.259. The summed E-state index contributed by atoms with van der Waals surface area (Å²) in [5.74, 6) is -0.865. The number of benzene rings is 3. The van der Waals surface area contributed by atoms with Gasteiger partial charge in [-0.15, -0.1) is 0 Å². The number of anilines is 1. The maximum absolute atomic E-state index is 13.8. The molecule has 10 heteroatoms. The highest BCUT2D eigenvalue weighted by Gasteiger charge is 2.32. The lowest BCUT2D eigenvalue weighted by atomic mass is 10.1. The fourth-order valence-electron chi connectivity index (χ4n) is 3.73. The number of nitrogens with one attached hydrogen (secondary N) is 1. The molecule has 0 radical (unpaired) electrons. The van der Waals surface area contributed by atoms with E-state index in [2.05, 4.69) is 21.2 Å². The average Bonchev–Trinajstić information content (AvgIpc) is 2.85. The topological polar surface area (TPSA) is 86.8 Å². The SMILES string of the molecule is CCNC(=O)[C@@H](C)N(Cc1cccc(Br)c1)C(=O)CN(c1cccc(Cl)c1)S(=O)(=O)c1ccc(C)cc1. The predicted molar refractivity (Wildman–Crippen MR) is 150 cm³/mol. The summed E-state index contributed by atoms with van der Waals surface area (Å²) in [5.41, 5.74) is 1.93. The van der Waals surface area contributed by atoms with E-state index in [-0.39, 0.29) is 23.0 Å². The van der Waals surface area contributed by atoms with Crippen molar-refractivity contribution in [2.75, 3.05) is 17.4 Å². The van der Waals surface area contributed by atoms with Crippen LogP contribution in [0.2, 0.25) is 5.02 Å². The molecule has 0 unspecified atom stereocenters. The van der Waals surface area contributed by atoms with Gasteiger partial charge in [-0.25, -0.2) is 8.42 Å². The van der Waals surface area contributed by atoms with Gasteiger partial charge in [-0.05, 0) is 68.8 Å². The molecular formula is C27H29BrClN3O4S. The van der Waals surface area contributed by atoms with Crippen LogP contribution in [-0.2, 0) is 26.2 Å². The van der Waals surface area contributed by atoms with Gasteiger partial charge in [0.05, 0.1) is 10.6 Å². The number of likely N-dealkylation sites (N-methyl/N-ethyl adjacent to an activating group) is 1. The number of rotatable bonds is 10. The summed E-state index contributed by atoms with van der Waals surface area (Å²) in [5, 5.41) is 3.07. The molecule has 0 aromatic heterocycles. The third-order valence-electron chi connectivity index (χ3n) is 5.74. The van der Waals surface area contributed by atoms with Crippen molar-refractivity contribution < 1.29 is 18.0 Å². The van der Waals surface area contributed by atoms with Crippen molar-refractivity contribution in [3.05, 3.63) is 93.4 Å². The minimum absolute atomic E-state index is 0.0428. The highest BCUT2D eigenvalue weighted by atomic mass is 79.9. The summed E-state index contributed by atoms with van der Waals surface area (Å²) in [6, 6.07) is 19.3. The normalized spacial score (nSPS) is 12.0. The minimum atomic E-state index is -4.13. The van der Waals surface area contributed by atoms with Crippen molar-refractivity contribution in [3.63, 3.8) is 0 Å². The second-order valence-corrected chi connectivity index (χ2v) is 11.7. The second kappa shape index (κ2) is 12.6. The summed E-state index contributed by atoms with van der Waals surface area (Å²) >= 11 is 9.61. The Labute approximate surface area is 231 Å². The number of hydrogen-bond acceptors (Lipinski definition) is 4. The van der Waals surface area contributed by atoms with Gasteiger partial charge in [0, 0.05) is 22.6 Å². The third kappa shape index (κ3) is 7.34. The van der Waals surface area contributed by atoms with Crippen LogP contribution in [0.15, 0.2) is 82.2 Å². The molecule has 7 nitrogen and oxygen atoms in total. The molecule has 3 rings (SSSR count). The lowest BCUT2D eigenvalue weighted by molar-refractivity contribution is -0.139. The molecule has 0 aliphatic carbocycles. The molecule has 3 aromatic carbocycles. The first-order chi connectivity index (χ1) is 17.5. The van der Waals surface area contributed by atoms with Gasteiger partial charge in [0.1, 0.15) is 12.6 Å². The Bertz CT molecular complexity index is 1370. The van der Waals surface area contributed by atoms with E-state index in [9.17, 15) is 18.0 Å². The van der Waals surface area contributed by atoms with Crippen LogP contribution in [0.4, 0.5) is 5.69 Å². The van der Waals surface area contributed by atoms with E-state index >= 15 is 0 Å². The lowest BCUT2D eigenvalue weighted by Gasteiger charge is -2.32. The van der Waals surface area contributed by atoms with Gasteiger partial charge in [-0.3, -0.25) is 13.9 Å². The van der Waals surface area contributed by atoms with E-state index in [0.29, 0.717) is 11.6 Å². The van der Waals surface area contributed by atoms with E-state index in [4.69, 9.17) is 11.6 Å². The lowest BCUT2D eigenvalue weighted by Crippen LogP contribution is -2.51. The molecule has 1 N–H and O–H groups in total. The number of carbonyl (C=O) groups is 2. The first-order valence-electron chi connectivity index (χ1n) is 11.7. The molecule has 37 heavy (non-hydrogen) atoms. The van der Waals surface area contributed by atoms with E-state index in [0.717, 1.165) is 19.9 Å². The van der Waals surface area contributed by atoms with Crippen molar-refractivity contribution in [1.29, 1.82) is 0 Å². The number of aryl methyl sites for hydroxylation is 1. The number of hydrogen-bond donors (Lipinski definition) is 1. The van der Waals surface area contributed by atoms with Crippen molar-refractivity contribution in [2.45, 2.75) is 38.3 Å². The Morgan fingerprint density at radius 3 is 2.32 bits per heavy atom. The number of halogens is 2. The molecule has 0 aliphatic heterocycles. The summed E-state index contributed by atoms with van der Waals surface area (Å²) < 4.78 is 29.4. The second-order valence-electron chi connectivity index (χ2n) is 8.53. The molecule has 3 aromatic rings.